The first-order valence-electron chi connectivity index (χ1n) is 9.82. The van der Waals surface area contributed by atoms with Crippen LogP contribution in [0.5, 0.6) is 17.2 Å². The molecule has 0 saturated heterocycles. The molecule has 3 aromatic rings. The fourth-order valence-electron chi connectivity index (χ4n) is 3.00. The van der Waals surface area contributed by atoms with Gasteiger partial charge in [-0.2, -0.15) is 0 Å². The number of carbonyl (C=O) groups excluding carboxylic acids is 1. The van der Waals surface area contributed by atoms with Crippen LogP contribution in [0.2, 0.25) is 0 Å². The number of pyridine rings is 1. The van der Waals surface area contributed by atoms with Crippen LogP contribution in [-0.2, 0) is 4.74 Å². The Hall–Kier alpha value is -3.38. The van der Waals surface area contributed by atoms with E-state index in [9.17, 15) is 4.79 Å². The third-order valence-electron chi connectivity index (χ3n) is 4.57. The van der Waals surface area contributed by atoms with Gasteiger partial charge in [0.15, 0.2) is 0 Å². The van der Waals surface area contributed by atoms with Crippen molar-refractivity contribution < 1.29 is 19.0 Å². The van der Waals surface area contributed by atoms with Gasteiger partial charge in [-0.3, -0.25) is 9.78 Å². The molecule has 0 spiro atoms. The van der Waals surface area contributed by atoms with E-state index in [1.807, 2.05) is 69.3 Å². The minimum Gasteiger partial charge on any atom is -0.497 e. The SMILES string of the molecule is CCOC(C)c1ccc(C(=O)Nc2cccc(Oc3ccc(OC)cc3)c2)c(C)n1. The van der Waals surface area contributed by atoms with Crippen molar-refractivity contribution in [3.63, 3.8) is 0 Å². The van der Waals surface area contributed by atoms with Crippen LogP contribution in [0, 0.1) is 6.92 Å². The zero-order chi connectivity index (χ0) is 21.5. The number of nitrogens with zero attached hydrogens (tertiary/aromatic N) is 1. The van der Waals surface area contributed by atoms with E-state index < -0.39 is 0 Å². The van der Waals surface area contributed by atoms with Crippen LogP contribution in [0.25, 0.3) is 0 Å². The molecule has 1 atom stereocenters. The molecule has 0 radical (unpaired) electrons. The molecule has 156 valence electrons. The summed E-state index contributed by atoms with van der Waals surface area (Å²) in [6, 6.07) is 18.1. The fraction of sp³-hybridized carbons (Fsp3) is 0.250. The zero-order valence-corrected chi connectivity index (χ0v) is 17.6. The van der Waals surface area contributed by atoms with Gasteiger partial charge in [0.25, 0.3) is 5.91 Å². The van der Waals surface area contributed by atoms with Gasteiger partial charge in [-0.25, -0.2) is 0 Å². The molecule has 0 aliphatic rings. The number of rotatable bonds is 8. The van der Waals surface area contributed by atoms with Crippen LogP contribution >= 0.6 is 0 Å². The van der Waals surface area contributed by atoms with Crippen molar-refractivity contribution in [1.29, 1.82) is 0 Å². The van der Waals surface area contributed by atoms with Crippen molar-refractivity contribution in [2.75, 3.05) is 19.0 Å². The monoisotopic (exact) mass is 406 g/mol. The topological polar surface area (TPSA) is 69.7 Å². The predicted octanol–water partition coefficient (Wildman–Crippen LogP) is 5.54. The van der Waals surface area contributed by atoms with Crippen molar-refractivity contribution in [2.24, 2.45) is 0 Å². The van der Waals surface area contributed by atoms with Gasteiger partial charge >= 0.3 is 0 Å². The highest BCUT2D eigenvalue weighted by Gasteiger charge is 2.14. The second kappa shape index (κ2) is 9.89. The number of anilines is 1. The summed E-state index contributed by atoms with van der Waals surface area (Å²) in [7, 11) is 1.62. The lowest BCUT2D eigenvalue weighted by Gasteiger charge is -2.14. The number of hydrogen-bond acceptors (Lipinski definition) is 5. The van der Waals surface area contributed by atoms with E-state index in [2.05, 4.69) is 10.3 Å². The van der Waals surface area contributed by atoms with Crippen molar-refractivity contribution in [3.05, 3.63) is 77.6 Å². The average Bonchev–Trinajstić information content (AvgIpc) is 2.74. The van der Waals surface area contributed by atoms with Crippen molar-refractivity contribution in [1.82, 2.24) is 4.98 Å². The number of nitrogens with one attached hydrogen (secondary N) is 1. The highest BCUT2D eigenvalue weighted by atomic mass is 16.5. The number of carbonyl (C=O) groups is 1. The minimum atomic E-state index is -0.225. The van der Waals surface area contributed by atoms with Crippen LogP contribution in [-0.4, -0.2) is 24.6 Å². The van der Waals surface area contributed by atoms with Crippen LogP contribution < -0.4 is 14.8 Å². The van der Waals surface area contributed by atoms with Gasteiger partial charge < -0.3 is 19.5 Å². The first-order chi connectivity index (χ1) is 14.5. The quantitative estimate of drug-likeness (QED) is 0.532. The van der Waals surface area contributed by atoms with E-state index in [4.69, 9.17) is 14.2 Å². The van der Waals surface area contributed by atoms with Gasteiger partial charge in [0.05, 0.1) is 30.2 Å². The number of aromatic nitrogens is 1. The number of aryl methyl sites for hydroxylation is 1. The maximum Gasteiger partial charge on any atom is 0.257 e. The van der Waals surface area contributed by atoms with Gasteiger partial charge in [0.1, 0.15) is 17.2 Å². The third kappa shape index (κ3) is 5.36. The Kier molecular flexibility index (Phi) is 7.03. The Morgan fingerprint density at radius 3 is 2.43 bits per heavy atom. The molecule has 0 aliphatic heterocycles. The van der Waals surface area contributed by atoms with Crippen LogP contribution in [0.3, 0.4) is 0 Å². The lowest BCUT2D eigenvalue weighted by Crippen LogP contribution is -2.15. The third-order valence-corrected chi connectivity index (χ3v) is 4.57. The lowest BCUT2D eigenvalue weighted by atomic mass is 10.1. The van der Waals surface area contributed by atoms with Crippen molar-refractivity contribution >= 4 is 11.6 Å². The summed E-state index contributed by atoms with van der Waals surface area (Å²) in [5.74, 6) is 1.83. The smallest absolute Gasteiger partial charge is 0.257 e. The molecule has 3 rings (SSSR count). The van der Waals surface area contributed by atoms with Crippen LogP contribution in [0.15, 0.2) is 60.7 Å². The minimum absolute atomic E-state index is 0.113. The molecule has 0 bridgehead atoms. The molecule has 2 aromatic carbocycles. The predicted molar refractivity (Wildman–Crippen MR) is 116 cm³/mol. The maximum atomic E-state index is 12.7. The number of ether oxygens (including phenoxy) is 3. The molecule has 6 heteroatoms. The number of benzene rings is 2. The first kappa shape index (κ1) is 21.3. The Balaban J connectivity index is 1.70. The first-order valence-corrected chi connectivity index (χ1v) is 9.82. The van der Waals surface area contributed by atoms with Crippen molar-refractivity contribution in [3.8, 4) is 17.2 Å². The normalized spacial score (nSPS) is 11.6. The average molecular weight is 406 g/mol. The fourth-order valence-corrected chi connectivity index (χ4v) is 3.00. The summed E-state index contributed by atoms with van der Waals surface area (Å²) < 4.78 is 16.6. The molecular formula is C24H26N2O4. The van der Waals surface area contributed by atoms with E-state index in [1.165, 1.54) is 0 Å². The van der Waals surface area contributed by atoms with Gasteiger partial charge in [-0.1, -0.05) is 6.07 Å². The highest BCUT2D eigenvalue weighted by molar-refractivity contribution is 6.05. The summed E-state index contributed by atoms with van der Waals surface area (Å²) in [5, 5.41) is 2.91. The largest absolute Gasteiger partial charge is 0.497 e. The maximum absolute atomic E-state index is 12.7. The zero-order valence-electron chi connectivity index (χ0n) is 17.6. The molecule has 0 aliphatic carbocycles. The van der Waals surface area contributed by atoms with E-state index in [-0.39, 0.29) is 12.0 Å². The molecular weight excluding hydrogens is 380 g/mol. The standard InChI is InChI=1S/C24H26N2O4/c1-5-29-17(3)23-14-13-22(16(2)25-23)24(27)26-18-7-6-8-21(15-18)30-20-11-9-19(28-4)10-12-20/h6-15,17H,5H2,1-4H3,(H,26,27). The molecule has 6 nitrogen and oxygen atoms in total. The van der Waals surface area contributed by atoms with E-state index in [1.54, 1.807) is 19.2 Å². The summed E-state index contributed by atoms with van der Waals surface area (Å²) in [6.07, 6.45) is -0.113. The Bertz CT molecular complexity index is 1000. The van der Waals surface area contributed by atoms with E-state index >= 15 is 0 Å². The summed E-state index contributed by atoms with van der Waals surface area (Å²) in [6.45, 7) is 6.32. The number of hydrogen-bond donors (Lipinski definition) is 1. The Morgan fingerprint density at radius 2 is 1.77 bits per heavy atom. The summed E-state index contributed by atoms with van der Waals surface area (Å²) in [5.41, 5.74) is 2.61. The molecule has 0 saturated carbocycles. The molecule has 0 fully saturated rings. The summed E-state index contributed by atoms with van der Waals surface area (Å²) in [4.78, 5) is 17.3. The number of methoxy groups -OCH3 is 1. The Labute approximate surface area is 176 Å². The second-order valence-electron chi connectivity index (χ2n) is 6.73. The number of amides is 1. The molecule has 1 N–H and O–H groups in total. The lowest BCUT2D eigenvalue weighted by molar-refractivity contribution is 0.0732. The van der Waals surface area contributed by atoms with Crippen molar-refractivity contribution in [2.45, 2.75) is 26.9 Å². The van der Waals surface area contributed by atoms with Gasteiger partial charge in [-0.15, -0.1) is 0 Å². The molecule has 30 heavy (non-hydrogen) atoms. The van der Waals surface area contributed by atoms with Gasteiger partial charge in [0.2, 0.25) is 0 Å². The second-order valence-corrected chi connectivity index (χ2v) is 6.73. The van der Waals surface area contributed by atoms with Gasteiger partial charge in [0, 0.05) is 18.4 Å². The summed E-state index contributed by atoms with van der Waals surface area (Å²) >= 11 is 0. The van der Waals surface area contributed by atoms with E-state index in [0.29, 0.717) is 35.1 Å². The highest BCUT2D eigenvalue weighted by Crippen LogP contribution is 2.26. The van der Waals surface area contributed by atoms with Gasteiger partial charge in [-0.05, 0) is 69.3 Å². The molecule has 1 amide bonds. The van der Waals surface area contributed by atoms with E-state index in [0.717, 1.165) is 11.4 Å². The molecule has 1 aromatic heterocycles. The van der Waals surface area contributed by atoms with Crippen LogP contribution in [0.1, 0.15) is 41.7 Å². The molecule has 1 heterocycles. The Morgan fingerprint density at radius 1 is 1.03 bits per heavy atom. The molecule has 1 unspecified atom stereocenters. The van der Waals surface area contributed by atoms with Crippen LogP contribution in [0.4, 0.5) is 5.69 Å².